The number of halogens is 1. The number of hydrogen-bond acceptors (Lipinski definition) is 4. The Bertz CT molecular complexity index is 1170. The van der Waals surface area contributed by atoms with Crippen LogP contribution in [0.1, 0.15) is 55.2 Å². The van der Waals surface area contributed by atoms with E-state index >= 15 is 0 Å². The van der Waals surface area contributed by atoms with Crippen LogP contribution in [0.4, 0.5) is 0 Å². The van der Waals surface area contributed by atoms with Crippen LogP contribution in [0.25, 0.3) is 0 Å². The number of carbonyl (C=O) groups excluding carboxylic acids is 1. The maximum absolute atomic E-state index is 13.2. The van der Waals surface area contributed by atoms with Crippen molar-refractivity contribution < 1.29 is 9.90 Å². The van der Waals surface area contributed by atoms with Gasteiger partial charge in [-0.15, -0.1) is 0 Å². The number of piperidine rings is 2. The number of nitrogens with one attached hydrogen (secondary N) is 2. The highest BCUT2D eigenvalue weighted by molar-refractivity contribution is 6.30. The third kappa shape index (κ3) is 6.77. The lowest BCUT2D eigenvalue weighted by Gasteiger charge is -2.40. The Balaban J connectivity index is 1.29. The molecule has 40 heavy (non-hydrogen) atoms. The summed E-state index contributed by atoms with van der Waals surface area (Å²) in [7, 11) is 0. The average molecular weight is 560 g/mol. The summed E-state index contributed by atoms with van der Waals surface area (Å²) in [5.41, 5.74) is 2.32. The van der Waals surface area contributed by atoms with Gasteiger partial charge in [0.15, 0.2) is 0 Å². The van der Waals surface area contributed by atoms with Gasteiger partial charge < -0.3 is 20.6 Å². The Morgan fingerprint density at radius 1 is 0.925 bits per heavy atom. The van der Waals surface area contributed by atoms with Crippen LogP contribution >= 0.6 is 11.6 Å². The Kier molecular flexibility index (Phi) is 9.59. The largest absolute Gasteiger partial charge is 0.385 e. The first-order valence-electron chi connectivity index (χ1n) is 14.8. The van der Waals surface area contributed by atoms with E-state index in [1.165, 1.54) is 11.1 Å². The van der Waals surface area contributed by atoms with E-state index < -0.39 is 5.60 Å². The van der Waals surface area contributed by atoms with Gasteiger partial charge in [0.2, 0.25) is 5.91 Å². The summed E-state index contributed by atoms with van der Waals surface area (Å²) < 4.78 is 0. The smallest absolute Gasteiger partial charge is 0.223 e. The van der Waals surface area contributed by atoms with Crippen molar-refractivity contribution in [2.45, 2.75) is 49.5 Å². The normalized spacial score (nSPS) is 18.4. The number of hydrogen-bond donors (Lipinski definition) is 3. The van der Waals surface area contributed by atoms with E-state index in [1.54, 1.807) is 0 Å². The molecule has 0 saturated carbocycles. The minimum absolute atomic E-state index is 0.0817. The van der Waals surface area contributed by atoms with Crippen molar-refractivity contribution >= 4 is 17.5 Å². The first-order chi connectivity index (χ1) is 19.5. The minimum Gasteiger partial charge on any atom is -0.385 e. The molecule has 2 saturated heterocycles. The van der Waals surface area contributed by atoms with Crippen molar-refractivity contribution in [2.75, 3.05) is 39.3 Å². The molecule has 0 aromatic heterocycles. The molecule has 0 unspecified atom stereocenters. The molecule has 1 amide bonds. The van der Waals surface area contributed by atoms with E-state index in [0.717, 1.165) is 64.0 Å². The molecule has 6 heteroatoms. The van der Waals surface area contributed by atoms with Crippen LogP contribution in [0.2, 0.25) is 5.02 Å². The number of benzene rings is 3. The lowest BCUT2D eigenvalue weighted by Crippen LogP contribution is -2.46. The van der Waals surface area contributed by atoms with Gasteiger partial charge in [0.05, 0.1) is 5.60 Å². The van der Waals surface area contributed by atoms with Gasteiger partial charge >= 0.3 is 0 Å². The average Bonchev–Trinajstić information content (AvgIpc) is 3.01. The molecule has 3 N–H and O–H groups in total. The molecule has 5 nitrogen and oxygen atoms in total. The summed E-state index contributed by atoms with van der Waals surface area (Å²) >= 11 is 6.07. The lowest BCUT2D eigenvalue weighted by molar-refractivity contribution is -0.125. The zero-order valence-corrected chi connectivity index (χ0v) is 24.1. The Morgan fingerprint density at radius 2 is 1.50 bits per heavy atom. The van der Waals surface area contributed by atoms with Gasteiger partial charge in [-0.2, -0.15) is 0 Å². The highest BCUT2D eigenvalue weighted by Gasteiger charge is 2.37. The number of amides is 1. The quantitative estimate of drug-likeness (QED) is 0.307. The third-order valence-electron chi connectivity index (χ3n) is 9.07. The summed E-state index contributed by atoms with van der Waals surface area (Å²) in [6.45, 7) is 5.07. The Hall–Kier alpha value is -2.70. The topological polar surface area (TPSA) is 64.6 Å². The van der Waals surface area contributed by atoms with Gasteiger partial charge in [0, 0.05) is 36.0 Å². The molecule has 212 valence electrons. The van der Waals surface area contributed by atoms with E-state index in [2.05, 4.69) is 76.2 Å². The van der Waals surface area contributed by atoms with Gasteiger partial charge in [-0.3, -0.25) is 4.79 Å². The molecule has 2 fully saturated rings. The molecular formula is C34H42ClN3O2. The Labute approximate surface area is 243 Å². The lowest BCUT2D eigenvalue weighted by atomic mass is 9.71. The summed E-state index contributed by atoms with van der Waals surface area (Å²) in [5, 5.41) is 18.8. The minimum atomic E-state index is -0.794. The van der Waals surface area contributed by atoms with Crippen LogP contribution in [0.3, 0.4) is 0 Å². The second-order valence-electron chi connectivity index (χ2n) is 11.5. The standard InChI is InChI=1S/C34H42ClN3O2/c35-31-14-12-30(13-15-31)34(40)19-24-38(25-20-34)23-7-18-33(28-8-3-1-4-9-28,29-10-5-2-6-11-29)26-37-32(39)27-16-21-36-22-17-27/h1-6,8-15,27,36,40H,7,16-26H2,(H,37,39). The first kappa shape index (κ1) is 28.8. The summed E-state index contributed by atoms with van der Waals surface area (Å²) in [6.07, 6.45) is 5.13. The summed E-state index contributed by atoms with van der Waals surface area (Å²) in [5.74, 6) is 0.258. The third-order valence-corrected chi connectivity index (χ3v) is 9.32. The zero-order chi connectivity index (χ0) is 27.8. The van der Waals surface area contributed by atoms with Crippen LogP contribution in [-0.4, -0.2) is 55.2 Å². The summed E-state index contributed by atoms with van der Waals surface area (Å²) in [6, 6.07) is 29.0. The predicted octanol–water partition coefficient (Wildman–Crippen LogP) is 5.51. The molecule has 5 rings (SSSR count). The van der Waals surface area contributed by atoms with Gasteiger partial charge in [-0.1, -0.05) is 84.4 Å². The van der Waals surface area contributed by atoms with Crippen LogP contribution in [0.5, 0.6) is 0 Å². The summed E-state index contributed by atoms with van der Waals surface area (Å²) in [4.78, 5) is 15.7. The highest BCUT2D eigenvalue weighted by atomic mass is 35.5. The van der Waals surface area contributed by atoms with Crippen LogP contribution < -0.4 is 10.6 Å². The second kappa shape index (κ2) is 13.3. The van der Waals surface area contributed by atoms with Crippen molar-refractivity contribution in [3.63, 3.8) is 0 Å². The first-order valence-corrected chi connectivity index (χ1v) is 15.2. The van der Waals surface area contributed by atoms with Crippen molar-refractivity contribution in [2.24, 2.45) is 5.92 Å². The maximum Gasteiger partial charge on any atom is 0.223 e. The van der Waals surface area contributed by atoms with Crippen molar-refractivity contribution in [3.8, 4) is 0 Å². The van der Waals surface area contributed by atoms with Gasteiger partial charge in [-0.25, -0.2) is 0 Å². The van der Waals surface area contributed by atoms with Gasteiger partial charge in [0.1, 0.15) is 0 Å². The molecular weight excluding hydrogens is 518 g/mol. The van der Waals surface area contributed by atoms with Crippen molar-refractivity contribution in [1.29, 1.82) is 0 Å². The molecule has 3 aromatic rings. The molecule has 0 spiro atoms. The zero-order valence-electron chi connectivity index (χ0n) is 23.3. The van der Waals surface area contributed by atoms with Crippen LogP contribution in [0.15, 0.2) is 84.9 Å². The maximum atomic E-state index is 13.2. The molecule has 0 atom stereocenters. The molecule has 2 heterocycles. The number of aliphatic hydroxyl groups is 1. The van der Waals surface area contributed by atoms with E-state index in [0.29, 0.717) is 24.4 Å². The number of carbonyl (C=O) groups is 1. The molecule has 2 aliphatic rings. The number of likely N-dealkylation sites (tertiary alicyclic amines) is 1. The SMILES string of the molecule is O=C(NCC(CCCN1CCC(O)(c2ccc(Cl)cc2)CC1)(c1ccccc1)c1ccccc1)C1CCNCC1. The fourth-order valence-corrected chi connectivity index (χ4v) is 6.65. The molecule has 3 aromatic carbocycles. The molecule has 0 radical (unpaired) electrons. The molecule has 0 aliphatic carbocycles. The number of rotatable bonds is 10. The highest BCUT2D eigenvalue weighted by Crippen LogP contribution is 2.38. The van der Waals surface area contributed by atoms with E-state index in [9.17, 15) is 9.90 Å². The molecule has 2 aliphatic heterocycles. The van der Waals surface area contributed by atoms with Gasteiger partial charge in [-0.05, 0) is 87.0 Å². The van der Waals surface area contributed by atoms with Gasteiger partial charge in [0.25, 0.3) is 0 Å². The van der Waals surface area contributed by atoms with Crippen molar-refractivity contribution in [3.05, 3.63) is 107 Å². The molecule has 0 bridgehead atoms. The van der Waals surface area contributed by atoms with Crippen LogP contribution in [-0.2, 0) is 15.8 Å². The second-order valence-corrected chi connectivity index (χ2v) is 12.0. The fraction of sp³-hybridized carbons (Fsp3) is 0.441. The van der Waals surface area contributed by atoms with Crippen LogP contribution in [0, 0.1) is 5.92 Å². The van der Waals surface area contributed by atoms with E-state index in [4.69, 9.17) is 11.6 Å². The Morgan fingerprint density at radius 3 is 2.08 bits per heavy atom. The predicted molar refractivity (Wildman–Crippen MR) is 163 cm³/mol. The number of nitrogens with zero attached hydrogens (tertiary/aromatic N) is 1. The van der Waals surface area contributed by atoms with Crippen molar-refractivity contribution in [1.82, 2.24) is 15.5 Å². The monoisotopic (exact) mass is 559 g/mol. The van der Waals surface area contributed by atoms with E-state index in [1.807, 2.05) is 24.3 Å². The van der Waals surface area contributed by atoms with E-state index in [-0.39, 0.29) is 17.2 Å². The fourth-order valence-electron chi connectivity index (χ4n) is 6.53.